The van der Waals surface area contributed by atoms with Crippen LogP contribution >= 0.6 is 0 Å². The van der Waals surface area contributed by atoms with Gasteiger partial charge in [-0.25, -0.2) is 0 Å². The minimum atomic E-state index is -0.541. The topological polar surface area (TPSA) is 61.9 Å². The molecule has 0 aliphatic carbocycles. The van der Waals surface area contributed by atoms with Crippen LogP contribution in [0.4, 0.5) is 5.69 Å². The molecule has 160 valence electrons. The van der Waals surface area contributed by atoms with Crippen molar-refractivity contribution in [3.63, 3.8) is 0 Å². The van der Waals surface area contributed by atoms with E-state index in [0.29, 0.717) is 18.7 Å². The Morgan fingerprint density at radius 2 is 1.70 bits per heavy atom. The Kier molecular flexibility index (Phi) is 6.98. The van der Waals surface area contributed by atoms with Gasteiger partial charge in [-0.2, -0.15) is 0 Å². The van der Waals surface area contributed by atoms with Gasteiger partial charge in [0.2, 0.25) is 5.91 Å². The van der Waals surface area contributed by atoms with Gasteiger partial charge in [0, 0.05) is 43.5 Å². The number of piperazine rings is 1. The highest BCUT2D eigenvalue weighted by Crippen LogP contribution is 2.22. The average Bonchev–Trinajstić information content (AvgIpc) is 2.77. The zero-order valence-electron chi connectivity index (χ0n) is 18.2. The third-order valence-electron chi connectivity index (χ3n) is 5.62. The maximum atomic E-state index is 13.2. The molecule has 2 amide bonds. The van der Waals surface area contributed by atoms with Crippen molar-refractivity contribution < 1.29 is 14.3 Å². The number of hydrogen-bond acceptors (Lipinski definition) is 4. The molecule has 2 aromatic carbocycles. The van der Waals surface area contributed by atoms with Gasteiger partial charge in [-0.3, -0.25) is 9.59 Å². The van der Waals surface area contributed by atoms with Gasteiger partial charge in [-0.1, -0.05) is 38.1 Å². The van der Waals surface area contributed by atoms with E-state index in [-0.39, 0.29) is 17.7 Å². The van der Waals surface area contributed by atoms with E-state index in [1.54, 1.807) is 13.2 Å². The van der Waals surface area contributed by atoms with Gasteiger partial charge in [-0.15, -0.1) is 0 Å². The summed E-state index contributed by atoms with van der Waals surface area (Å²) < 4.78 is 5.31. The predicted octanol–water partition coefficient (Wildman–Crippen LogP) is 3.11. The third kappa shape index (κ3) is 4.93. The van der Waals surface area contributed by atoms with E-state index >= 15 is 0 Å². The number of nitrogens with zero attached hydrogens (tertiary/aromatic N) is 2. The van der Waals surface area contributed by atoms with Crippen LogP contribution in [0.15, 0.2) is 48.5 Å². The molecular weight excluding hydrogens is 378 g/mol. The Morgan fingerprint density at radius 1 is 1.00 bits per heavy atom. The summed E-state index contributed by atoms with van der Waals surface area (Å²) in [4.78, 5) is 30.1. The fourth-order valence-electron chi connectivity index (χ4n) is 3.75. The highest BCUT2D eigenvalue weighted by Gasteiger charge is 2.31. The third-order valence-corrected chi connectivity index (χ3v) is 5.62. The summed E-state index contributed by atoms with van der Waals surface area (Å²) in [5.74, 6) is 0.610. The second kappa shape index (κ2) is 9.65. The van der Waals surface area contributed by atoms with Gasteiger partial charge in [0.15, 0.2) is 0 Å². The molecule has 1 aliphatic heterocycles. The highest BCUT2D eigenvalue weighted by molar-refractivity contribution is 5.98. The van der Waals surface area contributed by atoms with Crippen molar-refractivity contribution in [1.29, 1.82) is 0 Å². The van der Waals surface area contributed by atoms with Gasteiger partial charge < -0.3 is 19.9 Å². The molecule has 1 N–H and O–H groups in total. The van der Waals surface area contributed by atoms with Crippen LogP contribution < -0.4 is 15.0 Å². The molecule has 1 fully saturated rings. The quantitative estimate of drug-likeness (QED) is 0.796. The lowest BCUT2D eigenvalue weighted by atomic mass is 10.0. The SMILES string of the molecule is COc1cccc(N2CCN(C(=O)C(NC(=O)c3ccccc3C)C(C)C)CC2)c1. The van der Waals surface area contributed by atoms with Crippen LogP contribution in [0, 0.1) is 12.8 Å². The van der Waals surface area contributed by atoms with Gasteiger partial charge >= 0.3 is 0 Å². The minimum absolute atomic E-state index is 0.00174. The molecule has 1 unspecified atom stereocenters. The fourth-order valence-corrected chi connectivity index (χ4v) is 3.75. The summed E-state index contributed by atoms with van der Waals surface area (Å²) in [6.07, 6.45) is 0. The summed E-state index contributed by atoms with van der Waals surface area (Å²) in [7, 11) is 1.66. The Bertz CT molecular complexity index is 889. The van der Waals surface area contributed by atoms with Crippen molar-refractivity contribution in [1.82, 2.24) is 10.2 Å². The van der Waals surface area contributed by atoms with E-state index in [0.717, 1.165) is 30.1 Å². The lowest BCUT2D eigenvalue weighted by molar-refractivity contribution is -0.134. The Hall–Kier alpha value is -3.02. The zero-order chi connectivity index (χ0) is 21.7. The second-order valence-electron chi connectivity index (χ2n) is 8.02. The Morgan fingerprint density at radius 3 is 2.33 bits per heavy atom. The lowest BCUT2D eigenvalue weighted by Crippen LogP contribution is -2.56. The van der Waals surface area contributed by atoms with Crippen LogP contribution in [-0.2, 0) is 4.79 Å². The number of carbonyl (C=O) groups is 2. The molecule has 0 saturated carbocycles. The van der Waals surface area contributed by atoms with Gasteiger partial charge in [-0.05, 0) is 36.6 Å². The second-order valence-corrected chi connectivity index (χ2v) is 8.02. The monoisotopic (exact) mass is 409 g/mol. The number of rotatable bonds is 6. The van der Waals surface area contributed by atoms with Crippen molar-refractivity contribution in [3.05, 3.63) is 59.7 Å². The van der Waals surface area contributed by atoms with Gasteiger partial charge in [0.25, 0.3) is 5.91 Å². The van der Waals surface area contributed by atoms with Crippen LogP contribution in [0.2, 0.25) is 0 Å². The van der Waals surface area contributed by atoms with Crippen molar-refractivity contribution >= 4 is 17.5 Å². The zero-order valence-corrected chi connectivity index (χ0v) is 18.2. The number of benzene rings is 2. The molecule has 0 spiro atoms. The summed E-state index contributed by atoms with van der Waals surface area (Å²) in [5, 5.41) is 2.97. The summed E-state index contributed by atoms with van der Waals surface area (Å²) in [5.41, 5.74) is 2.60. The molecule has 0 aromatic heterocycles. The first kappa shape index (κ1) is 21.7. The maximum absolute atomic E-state index is 13.2. The van der Waals surface area contributed by atoms with Crippen molar-refractivity contribution in [3.8, 4) is 5.75 Å². The smallest absolute Gasteiger partial charge is 0.252 e. The number of anilines is 1. The largest absolute Gasteiger partial charge is 0.497 e. The normalized spacial score (nSPS) is 15.1. The van der Waals surface area contributed by atoms with Crippen LogP contribution in [0.3, 0.4) is 0 Å². The molecule has 1 saturated heterocycles. The highest BCUT2D eigenvalue weighted by atomic mass is 16.5. The predicted molar refractivity (Wildman–Crippen MR) is 119 cm³/mol. The number of ether oxygens (including phenoxy) is 1. The van der Waals surface area contributed by atoms with Gasteiger partial charge in [0.05, 0.1) is 7.11 Å². The number of carbonyl (C=O) groups excluding carboxylic acids is 2. The van der Waals surface area contributed by atoms with Gasteiger partial charge in [0.1, 0.15) is 11.8 Å². The van der Waals surface area contributed by atoms with E-state index < -0.39 is 6.04 Å². The van der Waals surface area contributed by atoms with E-state index in [4.69, 9.17) is 4.74 Å². The van der Waals surface area contributed by atoms with Crippen LogP contribution in [-0.4, -0.2) is 56.0 Å². The Labute approximate surface area is 178 Å². The standard InChI is InChI=1S/C24H31N3O3/c1-17(2)22(25-23(28)21-11-6-5-8-18(21)3)24(29)27-14-12-26(13-15-27)19-9-7-10-20(16-19)30-4/h5-11,16-17,22H,12-15H2,1-4H3,(H,25,28). The van der Waals surface area contributed by atoms with Crippen LogP contribution in [0.5, 0.6) is 5.75 Å². The van der Waals surface area contributed by atoms with Crippen molar-refractivity contribution in [2.75, 3.05) is 38.2 Å². The van der Waals surface area contributed by atoms with E-state index in [9.17, 15) is 9.59 Å². The molecule has 6 heteroatoms. The summed E-state index contributed by atoms with van der Waals surface area (Å²) in [6, 6.07) is 14.9. The van der Waals surface area contributed by atoms with E-state index in [1.165, 1.54) is 0 Å². The molecule has 6 nitrogen and oxygen atoms in total. The van der Waals surface area contributed by atoms with Crippen molar-refractivity contribution in [2.45, 2.75) is 26.8 Å². The number of amides is 2. The number of methoxy groups -OCH3 is 1. The average molecular weight is 410 g/mol. The molecule has 1 aliphatic rings. The molecule has 3 rings (SSSR count). The number of hydrogen-bond donors (Lipinski definition) is 1. The minimum Gasteiger partial charge on any atom is -0.497 e. The first-order valence-corrected chi connectivity index (χ1v) is 10.4. The molecule has 0 radical (unpaired) electrons. The molecule has 0 bridgehead atoms. The molecule has 1 heterocycles. The molecular formula is C24H31N3O3. The van der Waals surface area contributed by atoms with Crippen molar-refractivity contribution in [2.24, 2.45) is 5.92 Å². The molecule has 1 atom stereocenters. The van der Waals surface area contributed by atoms with Crippen LogP contribution in [0.25, 0.3) is 0 Å². The van der Waals surface area contributed by atoms with Crippen LogP contribution in [0.1, 0.15) is 29.8 Å². The molecule has 2 aromatic rings. The lowest BCUT2D eigenvalue weighted by Gasteiger charge is -2.38. The Balaban J connectivity index is 1.64. The van der Waals surface area contributed by atoms with E-state index in [1.807, 2.05) is 62.1 Å². The van der Waals surface area contributed by atoms with E-state index in [2.05, 4.69) is 16.3 Å². The first-order chi connectivity index (χ1) is 14.4. The summed E-state index contributed by atoms with van der Waals surface area (Å²) in [6.45, 7) is 8.57. The first-order valence-electron chi connectivity index (χ1n) is 10.4. The number of aryl methyl sites for hydroxylation is 1. The summed E-state index contributed by atoms with van der Waals surface area (Å²) >= 11 is 0. The molecule has 30 heavy (non-hydrogen) atoms. The maximum Gasteiger partial charge on any atom is 0.252 e. The fraction of sp³-hybridized carbons (Fsp3) is 0.417. The number of nitrogens with one attached hydrogen (secondary N) is 1.